The van der Waals surface area contributed by atoms with Gasteiger partial charge in [0.1, 0.15) is 18.2 Å². The molecule has 0 radical (unpaired) electrons. The van der Waals surface area contributed by atoms with E-state index < -0.39 is 5.97 Å². The molecule has 5 heteroatoms. The van der Waals surface area contributed by atoms with Crippen LogP contribution >= 0.6 is 0 Å². The molecule has 3 rings (SSSR count). The van der Waals surface area contributed by atoms with Gasteiger partial charge < -0.3 is 15.2 Å². The summed E-state index contributed by atoms with van der Waals surface area (Å²) in [6.07, 6.45) is 3.30. The maximum absolute atomic E-state index is 13.6. The molecule has 0 atom stereocenters. The summed E-state index contributed by atoms with van der Waals surface area (Å²) < 4.78 is 19.2. The third-order valence-electron chi connectivity index (χ3n) is 4.95. The number of carboxylic acid groups (broad SMARTS) is 1. The van der Waals surface area contributed by atoms with Crippen molar-refractivity contribution >= 4 is 5.97 Å². The molecule has 0 saturated heterocycles. The number of hydrogen-bond acceptors (Lipinski definition) is 3. The monoisotopic (exact) mass is 357 g/mol. The zero-order valence-corrected chi connectivity index (χ0v) is 14.7. The average Bonchev–Trinajstić information content (AvgIpc) is 2.67. The lowest BCUT2D eigenvalue weighted by atomic mass is 9.86. The van der Waals surface area contributed by atoms with E-state index in [0.29, 0.717) is 17.4 Å². The highest BCUT2D eigenvalue weighted by molar-refractivity contribution is 5.70. The van der Waals surface area contributed by atoms with Crippen LogP contribution in [0, 0.1) is 11.7 Å². The Bertz CT molecular complexity index is 724. The van der Waals surface area contributed by atoms with E-state index in [1.165, 1.54) is 6.07 Å². The average molecular weight is 357 g/mol. The summed E-state index contributed by atoms with van der Waals surface area (Å²) in [5, 5.41) is 12.5. The molecular weight excluding hydrogens is 333 g/mol. The Morgan fingerprint density at radius 2 is 1.77 bits per heavy atom. The van der Waals surface area contributed by atoms with Crippen molar-refractivity contribution in [3.05, 3.63) is 65.5 Å². The lowest BCUT2D eigenvalue weighted by Crippen LogP contribution is -2.34. The molecule has 1 fully saturated rings. The fourth-order valence-corrected chi connectivity index (χ4v) is 3.29. The van der Waals surface area contributed by atoms with E-state index in [0.717, 1.165) is 37.8 Å². The molecule has 0 unspecified atom stereocenters. The van der Waals surface area contributed by atoms with Gasteiger partial charge in [-0.3, -0.25) is 4.79 Å². The Morgan fingerprint density at radius 3 is 2.42 bits per heavy atom. The van der Waals surface area contributed by atoms with E-state index in [4.69, 9.17) is 9.84 Å². The lowest BCUT2D eigenvalue weighted by Gasteiger charge is -2.27. The first-order chi connectivity index (χ1) is 12.6. The molecule has 0 bridgehead atoms. The quantitative estimate of drug-likeness (QED) is 0.782. The van der Waals surface area contributed by atoms with Crippen LogP contribution in [0.4, 0.5) is 4.39 Å². The molecular formula is C21H24FNO3. The standard InChI is InChI=1S/C21H24FNO3/c22-20-4-2-1-3-17(20)14-26-19-11-5-15(6-12-19)13-23-18-9-7-16(8-10-18)21(24)25/h1-6,11-12,16,18,23H,7-10,13-14H2,(H,24,25). The normalized spacial score (nSPS) is 19.9. The van der Waals surface area contributed by atoms with Crippen molar-refractivity contribution in [2.24, 2.45) is 5.92 Å². The minimum atomic E-state index is -0.672. The van der Waals surface area contributed by atoms with Crippen LogP contribution in [0.15, 0.2) is 48.5 Å². The van der Waals surface area contributed by atoms with Crippen LogP contribution in [0.1, 0.15) is 36.8 Å². The minimum Gasteiger partial charge on any atom is -0.489 e. The van der Waals surface area contributed by atoms with E-state index in [2.05, 4.69) is 5.32 Å². The van der Waals surface area contributed by atoms with Gasteiger partial charge in [-0.15, -0.1) is 0 Å². The first-order valence-electron chi connectivity index (χ1n) is 9.03. The van der Waals surface area contributed by atoms with Gasteiger partial charge in [0.15, 0.2) is 0 Å². The molecule has 0 aromatic heterocycles. The number of benzene rings is 2. The Kier molecular flexibility index (Phi) is 6.23. The maximum atomic E-state index is 13.6. The van der Waals surface area contributed by atoms with Crippen LogP contribution in [-0.2, 0) is 17.9 Å². The van der Waals surface area contributed by atoms with E-state index in [-0.39, 0.29) is 18.3 Å². The largest absolute Gasteiger partial charge is 0.489 e. The molecule has 4 nitrogen and oxygen atoms in total. The third-order valence-corrected chi connectivity index (χ3v) is 4.95. The van der Waals surface area contributed by atoms with Crippen LogP contribution in [-0.4, -0.2) is 17.1 Å². The summed E-state index contributed by atoms with van der Waals surface area (Å²) in [7, 11) is 0. The van der Waals surface area contributed by atoms with Gasteiger partial charge in [-0.25, -0.2) is 4.39 Å². The van der Waals surface area contributed by atoms with Crippen molar-refractivity contribution < 1.29 is 19.0 Å². The van der Waals surface area contributed by atoms with Crippen LogP contribution in [0.2, 0.25) is 0 Å². The zero-order chi connectivity index (χ0) is 18.4. The number of nitrogens with one attached hydrogen (secondary N) is 1. The van der Waals surface area contributed by atoms with Gasteiger partial charge in [-0.05, 0) is 49.4 Å². The number of ether oxygens (including phenoxy) is 1. The van der Waals surface area contributed by atoms with Gasteiger partial charge in [-0.1, -0.05) is 30.3 Å². The summed E-state index contributed by atoms with van der Waals surface area (Å²) in [6, 6.07) is 14.7. The SMILES string of the molecule is O=C(O)C1CCC(NCc2ccc(OCc3ccccc3F)cc2)CC1. The summed E-state index contributed by atoms with van der Waals surface area (Å²) in [6.45, 7) is 0.951. The number of rotatable bonds is 7. The first-order valence-corrected chi connectivity index (χ1v) is 9.03. The molecule has 1 saturated carbocycles. The number of hydrogen-bond donors (Lipinski definition) is 2. The van der Waals surface area contributed by atoms with E-state index in [9.17, 15) is 9.18 Å². The topological polar surface area (TPSA) is 58.6 Å². The van der Waals surface area contributed by atoms with Gasteiger partial charge >= 0.3 is 5.97 Å². The molecule has 2 aromatic carbocycles. The van der Waals surface area contributed by atoms with Crippen LogP contribution in [0.25, 0.3) is 0 Å². The molecule has 0 amide bonds. The van der Waals surface area contributed by atoms with Crippen molar-refractivity contribution in [1.82, 2.24) is 5.32 Å². The van der Waals surface area contributed by atoms with Crippen molar-refractivity contribution in [2.45, 2.75) is 44.9 Å². The van der Waals surface area contributed by atoms with Crippen molar-refractivity contribution in [3.8, 4) is 5.75 Å². The van der Waals surface area contributed by atoms with Crippen LogP contribution in [0.3, 0.4) is 0 Å². The van der Waals surface area contributed by atoms with Gasteiger partial charge in [0.25, 0.3) is 0 Å². The number of aliphatic carboxylic acids is 1. The van der Waals surface area contributed by atoms with E-state index >= 15 is 0 Å². The van der Waals surface area contributed by atoms with E-state index in [1.54, 1.807) is 18.2 Å². The highest BCUT2D eigenvalue weighted by Gasteiger charge is 2.25. The summed E-state index contributed by atoms with van der Waals surface area (Å²) >= 11 is 0. The Balaban J connectivity index is 1.43. The molecule has 1 aliphatic carbocycles. The van der Waals surface area contributed by atoms with Crippen molar-refractivity contribution in [2.75, 3.05) is 0 Å². The molecule has 2 N–H and O–H groups in total. The zero-order valence-electron chi connectivity index (χ0n) is 14.7. The molecule has 0 spiro atoms. The molecule has 1 aliphatic rings. The Labute approximate surface area is 153 Å². The van der Waals surface area contributed by atoms with E-state index in [1.807, 2.05) is 24.3 Å². The highest BCUT2D eigenvalue weighted by Crippen LogP contribution is 2.24. The molecule has 0 heterocycles. The summed E-state index contributed by atoms with van der Waals surface area (Å²) in [5.74, 6) is -0.404. The Morgan fingerprint density at radius 1 is 1.08 bits per heavy atom. The van der Waals surface area contributed by atoms with Crippen molar-refractivity contribution in [3.63, 3.8) is 0 Å². The second-order valence-electron chi connectivity index (χ2n) is 6.79. The first kappa shape index (κ1) is 18.4. The molecule has 138 valence electrons. The predicted octanol–water partition coefficient (Wildman–Crippen LogP) is 4.14. The highest BCUT2D eigenvalue weighted by atomic mass is 19.1. The van der Waals surface area contributed by atoms with Gasteiger partial charge in [0, 0.05) is 18.2 Å². The molecule has 26 heavy (non-hydrogen) atoms. The van der Waals surface area contributed by atoms with Crippen LogP contribution in [0.5, 0.6) is 5.75 Å². The Hall–Kier alpha value is -2.40. The number of halogens is 1. The smallest absolute Gasteiger partial charge is 0.306 e. The summed E-state index contributed by atoms with van der Waals surface area (Å²) in [4.78, 5) is 11.0. The molecule has 0 aliphatic heterocycles. The number of carboxylic acids is 1. The maximum Gasteiger partial charge on any atom is 0.306 e. The molecule has 2 aromatic rings. The fraction of sp³-hybridized carbons (Fsp3) is 0.381. The third kappa shape index (κ3) is 5.05. The van der Waals surface area contributed by atoms with Gasteiger partial charge in [0.05, 0.1) is 5.92 Å². The van der Waals surface area contributed by atoms with Crippen molar-refractivity contribution in [1.29, 1.82) is 0 Å². The van der Waals surface area contributed by atoms with Gasteiger partial charge in [0.2, 0.25) is 0 Å². The lowest BCUT2D eigenvalue weighted by molar-refractivity contribution is -0.142. The minimum absolute atomic E-state index is 0.182. The summed E-state index contributed by atoms with van der Waals surface area (Å²) in [5.41, 5.74) is 1.68. The second-order valence-corrected chi connectivity index (χ2v) is 6.79. The van der Waals surface area contributed by atoms with Crippen LogP contribution < -0.4 is 10.1 Å². The van der Waals surface area contributed by atoms with Gasteiger partial charge in [-0.2, -0.15) is 0 Å². The fourth-order valence-electron chi connectivity index (χ4n) is 3.29. The number of carbonyl (C=O) groups is 1. The predicted molar refractivity (Wildman–Crippen MR) is 97.4 cm³/mol. The second kappa shape index (κ2) is 8.81.